The van der Waals surface area contributed by atoms with Gasteiger partial charge in [-0.25, -0.2) is 0 Å². The van der Waals surface area contributed by atoms with Crippen molar-refractivity contribution in [3.05, 3.63) is 23.4 Å². The topological polar surface area (TPSA) is 66.9 Å². The SMILES string of the molecule is CCOC(=O)[C@]12CCC=C1N(CCC1=CCCCC1)C(=O)[C@H](CC(=O)N1CCCCC1)C2. The molecule has 0 aromatic heterocycles. The van der Waals surface area contributed by atoms with Crippen LogP contribution in [0.1, 0.15) is 84.0 Å². The maximum Gasteiger partial charge on any atom is 0.318 e. The third-order valence-corrected chi connectivity index (χ3v) is 7.74. The second-order valence-electron chi connectivity index (χ2n) is 9.83. The highest BCUT2D eigenvalue weighted by molar-refractivity contribution is 5.92. The molecule has 4 rings (SSSR count). The molecule has 2 aliphatic carbocycles. The summed E-state index contributed by atoms with van der Waals surface area (Å²) in [6.45, 7) is 4.31. The standard InChI is InChI=1S/C26H38N2O4/c1-2-32-25(31)26-14-9-12-22(26)28(17-13-20-10-5-3-6-11-20)24(30)21(19-26)18-23(29)27-15-7-4-8-16-27/h10,12,21H,2-9,11,13-19H2,1H3/t21-,26+/m1/s1. The molecule has 2 amide bonds. The summed E-state index contributed by atoms with van der Waals surface area (Å²) in [6.07, 6.45) is 15.2. The molecule has 0 aromatic carbocycles. The largest absolute Gasteiger partial charge is 0.465 e. The number of carbonyl (C=O) groups is 3. The number of hydrogen-bond donors (Lipinski definition) is 0. The van der Waals surface area contributed by atoms with Crippen molar-refractivity contribution in [3.63, 3.8) is 0 Å². The first-order valence-electron chi connectivity index (χ1n) is 12.7. The first-order valence-corrected chi connectivity index (χ1v) is 12.7. The molecule has 0 saturated carbocycles. The maximum absolute atomic E-state index is 13.6. The quantitative estimate of drug-likeness (QED) is 0.434. The lowest BCUT2D eigenvalue weighted by Gasteiger charge is -2.44. The predicted molar refractivity (Wildman–Crippen MR) is 122 cm³/mol. The van der Waals surface area contributed by atoms with Gasteiger partial charge in [0.05, 0.1) is 6.61 Å². The average molecular weight is 443 g/mol. The molecule has 32 heavy (non-hydrogen) atoms. The van der Waals surface area contributed by atoms with E-state index in [1.807, 2.05) is 16.7 Å². The van der Waals surface area contributed by atoms with Gasteiger partial charge in [0, 0.05) is 37.7 Å². The Bertz CT molecular complexity index is 796. The summed E-state index contributed by atoms with van der Waals surface area (Å²) in [7, 11) is 0. The van der Waals surface area contributed by atoms with Crippen LogP contribution in [-0.4, -0.2) is 53.8 Å². The van der Waals surface area contributed by atoms with Crippen molar-refractivity contribution in [1.82, 2.24) is 9.80 Å². The number of allylic oxidation sites excluding steroid dienone is 2. The zero-order valence-corrected chi connectivity index (χ0v) is 19.6. The van der Waals surface area contributed by atoms with Crippen LogP contribution < -0.4 is 0 Å². The van der Waals surface area contributed by atoms with E-state index in [9.17, 15) is 14.4 Å². The van der Waals surface area contributed by atoms with Crippen LogP contribution in [0.3, 0.4) is 0 Å². The fourth-order valence-corrected chi connectivity index (χ4v) is 6.02. The first-order chi connectivity index (χ1) is 15.5. The molecular weight excluding hydrogens is 404 g/mol. The van der Waals surface area contributed by atoms with Gasteiger partial charge in [0.25, 0.3) is 0 Å². The molecule has 0 radical (unpaired) electrons. The average Bonchev–Trinajstić information content (AvgIpc) is 3.25. The number of carbonyl (C=O) groups excluding carboxylic acids is 3. The second-order valence-corrected chi connectivity index (χ2v) is 9.83. The number of nitrogens with zero attached hydrogens (tertiary/aromatic N) is 2. The number of amides is 2. The van der Waals surface area contributed by atoms with E-state index in [0.717, 1.165) is 63.7 Å². The van der Waals surface area contributed by atoms with E-state index in [0.29, 0.717) is 26.0 Å². The van der Waals surface area contributed by atoms with Crippen LogP contribution in [0, 0.1) is 11.3 Å². The number of esters is 1. The van der Waals surface area contributed by atoms with Gasteiger partial charge in [-0.2, -0.15) is 0 Å². The highest BCUT2D eigenvalue weighted by atomic mass is 16.5. The van der Waals surface area contributed by atoms with Gasteiger partial charge in [-0.1, -0.05) is 17.7 Å². The summed E-state index contributed by atoms with van der Waals surface area (Å²) < 4.78 is 5.51. The third kappa shape index (κ3) is 4.65. The molecule has 176 valence electrons. The number of hydrogen-bond acceptors (Lipinski definition) is 4. The summed E-state index contributed by atoms with van der Waals surface area (Å²) in [4.78, 5) is 43.6. The Kier molecular flexibility index (Phi) is 7.37. The molecule has 4 aliphatic rings. The molecule has 6 heteroatoms. The minimum absolute atomic E-state index is 0.0137. The van der Waals surface area contributed by atoms with Crippen LogP contribution in [0.15, 0.2) is 23.4 Å². The van der Waals surface area contributed by atoms with Gasteiger partial charge in [0.1, 0.15) is 5.41 Å². The lowest BCUT2D eigenvalue weighted by Crippen LogP contribution is -2.52. The Hall–Kier alpha value is -2.11. The zero-order valence-electron chi connectivity index (χ0n) is 19.6. The van der Waals surface area contributed by atoms with E-state index in [1.54, 1.807) is 0 Å². The Morgan fingerprint density at radius 3 is 2.62 bits per heavy atom. The van der Waals surface area contributed by atoms with E-state index in [1.165, 1.54) is 18.4 Å². The summed E-state index contributed by atoms with van der Waals surface area (Å²) in [6, 6.07) is 0. The van der Waals surface area contributed by atoms with Crippen LogP contribution in [-0.2, 0) is 19.1 Å². The molecule has 0 aromatic rings. The predicted octanol–water partition coefficient (Wildman–Crippen LogP) is 4.36. The fourth-order valence-electron chi connectivity index (χ4n) is 6.02. The van der Waals surface area contributed by atoms with Crippen LogP contribution in [0.5, 0.6) is 0 Å². The van der Waals surface area contributed by atoms with Gasteiger partial charge in [0.15, 0.2) is 0 Å². The molecule has 2 atom stereocenters. The van der Waals surface area contributed by atoms with Crippen LogP contribution in [0.4, 0.5) is 0 Å². The number of piperidine rings is 2. The van der Waals surface area contributed by atoms with Crippen LogP contribution in [0.2, 0.25) is 0 Å². The van der Waals surface area contributed by atoms with Crippen molar-refractivity contribution in [2.45, 2.75) is 84.0 Å². The van der Waals surface area contributed by atoms with E-state index in [2.05, 4.69) is 12.2 Å². The minimum Gasteiger partial charge on any atom is -0.465 e. The summed E-state index contributed by atoms with van der Waals surface area (Å²) >= 11 is 0. The van der Waals surface area contributed by atoms with Gasteiger partial charge >= 0.3 is 5.97 Å². The van der Waals surface area contributed by atoms with Gasteiger partial charge in [-0.05, 0) is 77.6 Å². The first kappa shape index (κ1) is 23.1. The number of likely N-dealkylation sites (tertiary alicyclic amines) is 2. The van der Waals surface area contributed by atoms with Gasteiger partial charge < -0.3 is 14.5 Å². The van der Waals surface area contributed by atoms with Crippen molar-refractivity contribution in [2.75, 3.05) is 26.2 Å². The summed E-state index contributed by atoms with van der Waals surface area (Å²) in [5, 5.41) is 0. The molecule has 0 N–H and O–H groups in total. The van der Waals surface area contributed by atoms with Gasteiger partial charge in [0.2, 0.25) is 11.8 Å². The molecule has 2 heterocycles. The molecular formula is C26H38N2O4. The van der Waals surface area contributed by atoms with Crippen molar-refractivity contribution in [3.8, 4) is 0 Å². The molecule has 2 fully saturated rings. The maximum atomic E-state index is 13.6. The Labute approximate surface area is 192 Å². The van der Waals surface area contributed by atoms with Gasteiger partial charge in [-0.3, -0.25) is 14.4 Å². The minimum atomic E-state index is -0.780. The van der Waals surface area contributed by atoms with Crippen molar-refractivity contribution < 1.29 is 19.1 Å². The number of rotatable bonds is 7. The van der Waals surface area contributed by atoms with Gasteiger partial charge in [-0.15, -0.1) is 0 Å². The summed E-state index contributed by atoms with van der Waals surface area (Å²) in [5.74, 6) is -0.611. The second kappa shape index (κ2) is 10.2. The third-order valence-electron chi connectivity index (χ3n) is 7.74. The monoisotopic (exact) mass is 442 g/mol. The molecule has 2 aliphatic heterocycles. The van der Waals surface area contributed by atoms with E-state index >= 15 is 0 Å². The summed E-state index contributed by atoms with van der Waals surface area (Å²) in [5.41, 5.74) is 1.47. The lowest BCUT2D eigenvalue weighted by molar-refractivity contribution is -0.161. The zero-order chi connectivity index (χ0) is 22.6. The highest BCUT2D eigenvalue weighted by Gasteiger charge is 2.55. The molecule has 0 unspecified atom stereocenters. The highest BCUT2D eigenvalue weighted by Crippen LogP contribution is 2.51. The van der Waals surface area contributed by atoms with E-state index < -0.39 is 11.3 Å². The van der Waals surface area contributed by atoms with Crippen molar-refractivity contribution >= 4 is 17.8 Å². The van der Waals surface area contributed by atoms with Crippen LogP contribution in [0.25, 0.3) is 0 Å². The molecule has 0 bridgehead atoms. The Balaban J connectivity index is 1.55. The number of fused-ring (bicyclic) bond motifs is 1. The van der Waals surface area contributed by atoms with Crippen molar-refractivity contribution in [1.29, 1.82) is 0 Å². The molecule has 6 nitrogen and oxygen atoms in total. The normalized spacial score (nSPS) is 28.2. The Morgan fingerprint density at radius 1 is 1.09 bits per heavy atom. The van der Waals surface area contributed by atoms with E-state index in [4.69, 9.17) is 4.74 Å². The van der Waals surface area contributed by atoms with Crippen molar-refractivity contribution in [2.24, 2.45) is 11.3 Å². The smallest absolute Gasteiger partial charge is 0.318 e. The van der Waals surface area contributed by atoms with E-state index in [-0.39, 0.29) is 24.2 Å². The fraction of sp³-hybridized carbons (Fsp3) is 0.731. The molecule has 2 saturated heterocycles. The molecule has 0 spiro atoms. The number of ether oxygens (including phenoxy) is 1. The van der Waals surface area contributed by atoms with Crippen LogP contribution >= 0.6 is 0 Å². The lowest BCUT2D eigenvalue weighted by atomic mass is 9.71. The Morgan fingerprint density at radius 2 is 1.91 bits per heavy atom.